The number of rotatable bonds is 5. The van der Waals surface area contributed by atoms with Crippen molar-refractivity contribution in [1.29, 1.82) is 0 Å². The van der Waals surface area contributed by atoms with Crippen LogP contribution in [0.4, 0.5) is 0 Å². The van der Waals surface area contributed by atoms with Gasteiger partial charge in [-0.25, -0.2) is 0 Å². The van der Waals surface area contributed by atoms with Crippen LogP contribution in [0, 0.1) is 10.8 Å². The van der Waals surface area contributed by atoms with Gasteiger partial charge in [0, 0.05) is 12.8 Å². The minimum Gasteiger partial charge on any atom is -0.431 e. The van der Waals surface area contributed by atoms with E-state index < -0.39 is 10.8 Å². The van der Waals surface area contributed by atoms with Crippen molar-refractivity contribution in [2.45, 2.75) is 68.2 Å². The molecule has 0 spiro atoms. The molecule has 0 heterocycles. The molecule has 0 aliphatic heterocycles. The molecule has 0 aromatic rings. The van der Waals surface area contributed by atoms with Gasteiger partial charge in [-0.15, -0.1) is 0 Å². The third-order valence-corrected chi connectivity index (χ3v) is 2.82. The second-order valence-electron chi connectivity index (χ2n) is 7.25. The largest absolute Gasteiger partial charge is 0.431 e. The average Bonchev–Trinajstić information content (AvgIpc) is 2.38. The lowest BCUT2D eigenvalue weighted by Gasteiger charge is -2.18. The summed E-state index contributed by atoms with van der Waals surface area (Å²) in [7, 11) is 0. The molecule has 4 heteroatoms. The van der Waals surface area contributed by atoms with Gasteiger partial charge in [0.25, 0.3) is 0 Å². The summed E-state index contributed by atoms with van der Waals surface area (Å²) in [5.74, 6) is 0.549. The van der Waals surface area contributed by atoms with E-state index in [0.29, 0.717) is 24.4 Å². The van der Waals surface area contributed by atoms with Crippen molar-refractivity contribution in [1.82, 2.24) is 0 Å². The van der Waals surface area contributed by atoms with Gasteiger partial charge in [-0.3, -0.25) is 9.59 Å². The summed E-state index contributed by atoms with van der Waals surface area (Å²) in [6, 6.07) is 0. The first kappa shape index (κ1) is 20.4. The van der Waals surface area contributed by atoms with Crippen LogP contribution in [-0.4, -0.2) is 11.9 Å². The maximum Gasteiger partial charge on any atom is 0.316 e. The Morgan fingerprint density at radius 1 is 0.727 bits per heavy atom. The lowest BCUT2D eigenvalue weighted by Crippen LogP contribution is -2.23. The molecule has 0 saturated carbocycles. The number of carbonyl (C=O) groups is 2. The van der Waals surface area contributed by atoms with Gasteiger partial charge in [-0.2, -0.15) is 0 Å². The fourth-order valence-corrected chi connectivity index (χ4v) is 1.18. The van der Waals surface area contributed by atoms with E-state index in [1.54, 1.807) is 53.7 Å². The molecule has 0 amide bonds. The van der Waals surface area contributed by atoms with Crippen molar-refractivity contribution >= 4 is 11.9 Å². The molecule has 0 bridgehead atoms. The van der Waals surface area contributed by atoms with Crippen molar-refractivity contribution in [3.63, 3.8) is 0 Å². The molecule has 4 nitrogen and oxygen atoms in total. The maximum atomic E-state index is 11.9. The van der Waals surface area contributed by atoms with Crippen LogP contribution < -0.4 is 0 Å². The number of allylic oxidation sites excluding steroid dienone is 4. The third-order valence-electron chi connectivity index (χ3n) is 2.82. The highest BCUT2D eigenvalue weighted by atomic mass is 16.5. The summed E-state index contributed by atoms with van der Waals surface area (Å²) in [5.41, 5.74) is -1.10. The molecule has 126 valence electrons. The van der Waals surface area contributed by atoms with Gasteiger partial charge >= 0.3 is 11.9 Å². The Hall–Kier alpha value is -1.58. The van der Waals surface area contributed by atoms with Crippen LogP contribution in [0.2, 0.25) is 0 Å². The van der Waals surface area contributed by atoms with Crippen molar-refractivity contribution in [3.05, 3.63) is 23.7 Å². The third kappa shape index (κ3) is 7.43. The van der Waals surface area contributed by atoms with Crippen LogP contribution in [0.3, 0.4) is 0 Å². The molecule has 0 N–H and O–H groups in total. The number of carbonyl (C=O) groups excluding carboxylic acids is 2. The van der Waals surface area contributed by atoms with Crippen molar-refractivity contribution in [2.75, 3.05) is 0 Å². The van der Waals surface area contributed by atoms with Crippen LogP contribution in [0.1, 0.15) is 68.2 Å². The Morgan fingerprint density at radius 2 is 1.00 bits per heavy atom. The second-order valence-corrected chi connectivity index (χ2v) is 7.25. The lowest BCUT2D eigenvalue weighted by atomic mass is 9.97. The standard InChI is InChI=1S/C18H30O4/c1-9-13(21-15(19)17(3,4)5)11-12-14(10-2)22-16(20)18(6,7)8/h11-12H,9-10H2,1-8H3/b13-11-,14-12-. The quantitative estimate of drug-likeness (QED) is 0.417. The van der Waals surface area contributed by atoms with E-state index in [2.05, 4.69) is 0 Å². The molecule has 22 heavy (non-hydrogen) atoms. The lowest BCUT2D eigenvalue weighted by molar-refractivity contribution is -0.149. The summed E-state index contributed by atoms with van der Waals surface area (Å²) >= 11 is 0. The van der Waals surface area contributed by atoms with Gasteiger partial charge in [0.1, 0.15) is 11.5 Å². The van der Waals surface area contributed by atoms with E-state index >= 15 is 0 Å². The van der Waals surface area contributed by atoms with Crippen molar-refractivity contribution in [3.8, 4) is 0 Å². The zero-order valence-corrected chi connectivity index (χ0v) is 15.2. The SMILES string of the molecule is CC/C(=C/C=C(/CC)OC(=O)C(C)(C)C)OC(=O)C(C)(C)C. The van der Waals surface area contributed by atoms with Crippen LogP contribution in [0.25, 0.3) is 0 Å². The van der Waals surface area contributed by atoms with Gasteiger partial charge < -0.3 is 9.47 Å². The highest BCUT2D eigenvalue weighted by molar-refractivity contribution is 5.77. The number of esters is 2. The molecule has 0 atom stereocenters. The Balaban J connectivity index is 5.03. The second kappa shape index (κ2) is 8.16. The summed E-state index contributed by atoms with van der Waals surface area (Å²) in [6.45, 7) is 14.6. The van der Waals surface area contributed by atoms with Gasteiger partial charge in [0.15, 0.2) is 0 Å². The Labute approximate surface area is 134 Å². The molecule has 0 aliphatic rings. The highest BCUT2D eigenvalue weighted by Gasteiger charge is 2.25. The van der Waals surface area contributed by atoms with E-state index in [4.69, 9.17) is 9.47 Å². The summed E-state index contributed by atoms with van der Waals surface area (Å²) in [6.07, 6.45) is 4.56. The molecular formula is C18H30O4. The van der Waals surface area contributed by atoms with E-state index in [0.717, 1.165) is 0 Å². The molecule has 0 unspecified atom stereocenters. The number of hydrogen-bond donors (Lipinski definition) is 0. The number of ether oxygens (including phenoxy) is 2. The van der Waals surface area contributed by atoms with Crippen LogP contribution in [0.15, 0.2) is 23.7 Å². The van der Waals surface area contributed by atoms with Crippen molar-refractivity contribution in [2.24, 2.45) is 10.8 Å². The summed E-state index contributed by atoms with van der Waals surface area (Å²) in [4.78, 5) is 23.8. The normalized spacial score (nSPS) is 13.8. The molecule has 0 aromatic carbocycles. The fourth-order valence-electron chi connectivity index (χ4n) is 1.18. The van der Waals surface area contributed by atoms with E-state index in [1.165, 1.54) is 0 Å². The minimum absolute atomic E-state index is 0.279. The molecule has 0 rings (SSSR count). The van der Waals surface area contributed by atoms with E-state index in [9.17, 15) is 9.59 Å². The first-order valence-corrected chi connectivity index (χ1v) is 7.76. The monoisotopic (exact) mass is 310 g/mol. The van der Waals surface area contributed by atoms with E-state index in [-0.39, 0.29) is 11.9 Å². The Bertz CT molecular complexity index is 412. The predicted octanol–water partition coefficient (Wildman–Crippen LogP) is 4.75. The smallest absolute Gasteiger partial charge is 0.316 e. The molecule has 0 saturated heterocycles. The zero-order valence-electron chi connectivity index (χ0n) is 15.2. The van der Waals surface area contributed by atoms with Crippen LogP contribution in [0.5, 0.6) is 0 Å². The van der Waals surface area contributed by atoms with Crippen LogP contribution >= 0.6 is 0 Å². The van der Waals surface area contributed by atoms with Gasteiger partial charge in [-0.05, 0) is 53.7 Å². The minimum atomic E-state index is -0.551. The number of hydrogen-bond acceptors (Lipinski definition) is 4. The van der Waals surface area contributed by atoms with Gasteiger partial charge in [-0.1, -0.05) is 13.8 Å². The molecule has 0 radical (unpaired) electrons. The van der Waals surface area contributed by atoms with Crippen molar-refractivity contribution < 1.29 is 19.1 Å². The fraction of sp³-hybridized carbons (Fsp3) is 0.667. The highest BCUT2D eigenvalue weighted by Crippen LogP contribution is 2.20. The molecular weight excluding hydrogens is 280 g/mol. The first-order chi connectivity index (χ1) is 9.91. The topological polar surface area (TPSA) is 52.6 Å². The Kier molecular flexibility index (Phi) is 7.57. The van der Waals surface area contributed by atoms with Crippen LogP contribution in [-0.2, 0) is 19.1 Å². The Morgan fingerprint density at radius 3 is 1.18 bits per heavy atom. The predicted molar refractivity (Wildman–Crippen MR) is 87.8 cm³/mol. The molecule has 0 aliphatic carbocycles. The molecule has 0 aromatic heterocycles. The van der Waals surface area contributed by atoms with Gasteiger partial charge in [0.2, 0.25) is 0 Å². The van der Waals surface area contributed by atoms with E-state index in [1.807, 2.05) is 13.8 Å². The zero-order chi connectivity index (χ0) is 17.6. The summed E-state index contributed by atoms with van der Waals surface area (Å²) < 4.78 is 10.7. The first-order valence-electron chi connectivity index (χ1n) is 7.76. The maximum absolute atomic E-state index is 11.9. The average molecular weight is 310 g/mol. The summed E-state index contributed by atoms with van der Waals surface area (Å²) in [5, 5.41) is 0. The molecule has 0 fully saturated rings. The van der Waals surface area contributed by atoms with Gasteiger partial charge in [0.05, 0.1) is 10.8 Å².